The molecule has 0 aliphatic carbocycles. The predicted octanol–water partition coefficient (Wildman–Crippen LogP) is 3.39. The number of hydrogen-bond donors (Lipinski definition) is 1. The van der Waals surface area contributed by atoms with Gasteiger partial charge in [-0.05, 0) is 43.2 Å². The van der Waals surface area contributed by atoms with Crippen LogP contribution in [0, 0.1) is 6.92 Å². The minimum Gasteiger partial charge on any atom is -0.384 e. The molecule has 1 aromatic carbocycles. The molecular weight excluding hydrogens is 268 g/mol. The van der Waals surface area contributed by atoms with Crippen molar-refractivity contribution in [3.63, 3.8) is 0 Å². The zero-order chi connectivity index (χ0) is 14.5. The molecule has 0 spiro atoms. The average molecular weight is 292 g/mol. The number of benzene rings is 1. The number of thioether (sulfide) groups is 1. The molecule has 0 radical (unpaired) electrons. The van der Waals surface area contributed by atoms with E-state index in [9.17, 15) is 4.79 Å². The van der Waals surface area contributed by atoms with Crippen LogP contribution in [0.15, 0.2) is 18.2 Å². The lowest BCUT2D eigenvalue weighted by Gasteiger charge is -2.25. The summed E-state index contributed by atoms with van der Waals surface area (Å²) in [6, 6.07) is 6.42. The van der Waals surface area contributed by atoms with Gasteiger partial charge in [0, 0.05) is 31.1 Å². The van der Waals surface area contributed by atoms with Gasteiger partial charge in [-0.2, -0.15) is 11.8 Å². The second-order valence-electron chi connectivity index (χ2n) is 5.41. The van der Waals surface area contributed by atoms with Crippen LogP contribution in [0.5, 0.6) is 0 Å². The van der Waals surface area contributed by atoms with E-state index in [1.165, 1.54) is 5.56 Å². The van der Waals surface area contributed by atoms with Crippen molar-refractivity contribution in [2.45, 2.75) is 32.7 Å². The number of hydrogen-bond acceptors (Lipinski definition) is 3. The van der Waals surface area contributed by atoms with Crippen molar-refractivity contribution < 1.29 is 4.79 Å². The predicted molar refractivity (Wildman–Crippen MR) is 87.8 cm³/mol. The SMILES string of the molecule is CCCNc1cc(C)ccc1C(=O)N(C)C1CCSC1. The first-order chi connectivity index (χ1) is 9.63. The van der Waals surface area contributed by atoms with Crippen molar-refractivity contribution >= 4 is 23.4 Å². The van der Waals surface area contributed by atoms with E-state index in [1.54, 1.807) is 0 Å². The number of aryl methyl sites for hydroxylation is 1. The highest BCUT2D eigenvalue weighted by Gasteiger charge is 2.25. The molecule has 1 fully saturated rings. The molecule has 0 saturated carbocycles. The lowest BCUT2D eigenvalue weighted by molar-refractivity contribution is 0.0749. The van der Waals surface area contributed by atoms with Crippen molar-refractivity contribution in [1.82, 2.24) is 4.90 Å². The smallest absolute Gasteiger partial charge is 0.255 e. The molecule has 1 saturated heterocycles. The van der Waals surface area contributed by atoms with Crippen LogP contribution in [0.25, 0.3) is 0 Å². The van der Waals surface area contributed by atoms with E-state index >= 15 is 0 Å². The summed E-state index contributed by atoms with van der Waals surface area (Å²) in [6.07, 6.45) is 2.16. The van der Waals surface area contributed by atoms with Crippen molar-refractivity contribution in [1.29, 1.82) is 0 Å². The number of carbonyl (C=O) groups excluding carboxylic acids is 1. The Morgan fingerprint density at radius 1 is 1.50 bits per heavy atom. The second kappa shape index (κ2) is 7.02. The van der Waals surface area contributed by atoms with Crippen LogP contribution in [-0.4, -0.2) is 41.9 Å². The Labute approximate surface area is 126 Å². The van der Waals surface area contributed by atoms with Gasteiger partial charge in [0.1, 0.15) is 0 Å². The van der Waals surface area contributed by atoms with Crippen LogP contribution in [0.1, 0.15) is 35.7 Å². The summed E-state index contributed by atoms with van der Waals surface area (Å²) < 4.78 is 0. The van der Waals surface area contributed by atoms with Crippen LogP contribution in [0.2, 0.25) is 0 Å². The van der Waals surface area contributed by atoms with Gasteiger partial charge in [0.2, 0.25) is 0 Å². The summed E-state index contributed by atoms with van der Waals surface area (Å²) in [5.41, 5.74) is 2.94. The molecule has 1 atom stereocenters. The zero-order valence-electron chi connectivity index (χ0n) is 12.6. The Bertz CT molecular complexity index is 470. The van der Waals surface area contributed by atoms with Crippen LogP contribution in [0.4, 0.5) is 5.69 Å². The first kappa shape index (κ1) is 15.2. The molecule has 1 heterocycles. The normalized spacial score (nSPS) is 18.1. The van der Waals surface area contributed by atoms with E-state index in [0.717, 1.165) is 42.1 Å². The minimum atomic E-state index is 0.135. The number of nitrogens with one attached hydrogen (secondary N) is 1. The van der Waals surface area contributed by atoms with Gasteiger partial charge in [-0.15, -0.1) is 0 Å². The van der Waals surface area contributed by atoms with Gasteiger partial charge in [-0.25, -0.2) is 0 Å². The molecule has 20 heavy (non-hydrogen) atoms. The van der Waals surface area contributed by atoms with E-state index < -0.39 is 0 Å². The number of carbonyl (C=O) groups is 1. The molecule has 0 bridgehead atoms. The molecule has 110 valence electrons. The maximum atomic E-state index is 12.7. The topological polar surface area (TPSA) is 32.3 Å². The number of amides is 1. The van der Waals surface area contributed by atoms with Gasteiger partial charge < -0.3 is 10.2 Å². The lowest BCUT2D eigenvalue weighted by atomic mass is 10.1. The molecule has 4 heteroatoms. The third kappa shape index (κ3) is 3.48. The van der Waals surface area contributed by atoms with Gasteiger partial charge in [0.05, 0.1) is 5.56 Å². The lowest BCUT2D eigenvalue weighted by Crippen LogP contribution is -2.37. The van der Waals surface area contributed by atoms with Gasteiger partial charge in [-0.1, -0.05) is 13.0 Å². The Morgan fingerprint density at radius 3 is 2.95 bits per heavy atom. The first-order valence-electron chi connectivity index (χ1n) is 7.33. The first-order valence-corrected chi connectivity index (χ1v) is 8.48. The maximum absolute atomic E-state index is 12.7. The summed E-state index contributed by atoms with van der Waals surface area (Å²) in [5, 5.41) is 3.38. The van der Waals surface area contributed by atoms with Gasteiger partial charge in [0.25, 0.3) is 5.91 Å². The average Bonchev–Trinajstić information content (AvgIpc) is 2.97. The number of anilines is 1. The molecule has 2 rings (SSSR count). The summed E-state index contributed by atoms with van der Waals surface area (Å²) >= 11 is 1.93. The quantitative estimate of drug-likeness (QED) is 0.903. The van der Waals surface area contributed by atoms with E-state index in [2.05, 4.69) is 25.2 Å². The Kier molecular flexibility index (Phi) is 5.35. The van der Waals surface area contributed by atoms with E-state index in [-0.39, 0.29) is 5.91 Å². The summed E-state index contributed by atoms with van der Waals surface area (Å²) in [5.74, 6) is 2.36. The summed E-state index contributed by atoms with van der Waals surface area (Å²) in [7, 11) is 1.93. The number of rotatable bonds is 5. The molecule has 1 aliphatic heterocycles. The van der Waals surface area contributed by atoms with E-state index in [0.29, 0.717) is 6.04 Å². The zero-order valence-corrected chi connectivity index (χ0v) is 13.4. The van der Waals surface area contributed by atoms with Crippen LogP contribution in [0.3, 0.4) is 0 Å². The molecule has 0 aromatic heterocycles. The fourth-order valence-electron chi connectivity index (χ4n) is 2.43. The van der Waals surface area contributed by atoms with Crippen molar-refractivity contribution in [3.05, 3.63) is 29.3 Å². The highest BCUT2D eigenvalue weighted by molar-refractivity contribution is 7.99. The molecule has 1 aliphatic rings. The third-order valence-electron chi connectivity index (χ3n) is 3.74. The Morgan fingerprint density at radius 2 is 2.30 bits per heavy atom. The molecular formula is C16H24N2OS. The highest BCUT2D eigenvalue weighted by atomic mass is 32.2. The second-order valence-corrected chi connectivity index (χ2v) is 6.56. The largest absolute Gasteiger partial charge is 0.384 e. The van der Waals surface area contributed by atoms with Gasteiger partial charge in [-0.3, -0.25) is 4.79 Å². The highest BCUT2D eigenvalue weighted by Crippen LogP contribution is 2.25. The van der Waals surface area contributed by atoms with E-state index in [4.69, 9.17) is 0 Å². The molecule has 1 unspecified atom stereocenters. The minimum absolute atomic E-state index is 0.135. The number of nitrogens with zero attached hydrogens (tertiary/aromatic N) is 1. The van der Waals surface area contributed by atoms with E-state index in [1.807, 2.05) is 35.8 Å². The van der Waals surface area contributed by atoms with Crippen LogP contribution < -0.4 is 5.32 Å². The van der Waals surface area contributed by atoms with Crippen molar-refractivity contribution in [3.8, 4) is 0 Å². The van der Waals surface area contributed by atoms with Gasteiger partial charge in [0.15, 0.2) is 0 Å². The maximum Gasteiger partial charge on any atom is 0.255 e. The third-order valence-corrected chi connectivity index (χ3v) is 4.89. The fraction of sp³-hybridized carbons (Fsp3) is 0.562. The monoisotopic (exact) mass is 292 g/mol. The summed E-state index contributed by atoms with van der Waals surface area (Å²) in [6.45, 7) is 5.08. The molecule has 1 aromatic rings. The van der Waals surface area contributed by atoms with Crippen LogP contribution in [-0.2, 0) is 0 Å². The van der Waals surface area contributed by atoms with Crippen LogP contribution >= 0.6 is 11.8 Å². The molecule has 1 N–H and O–H groups in total. The van der Waals surface area contributed by atoms with Crippen molar-refractivity contribution in [2.75, 3.05) is 30.4 Å². The standard InChI is InChI=1S/C16H24N2OS/c1-4-8-17-15-10-12(2)5-6-14(15)16(19)18(3)13-7-9-20-11-13/h5-6,10,13,17H,4,7-9,11H2,1-3H3. The fourth-order valence-corrected chi connectivity index (χ4v) is 3.70. The molecule has 3 nitrogen and oxygen atoms in total. The Balaban J connectivity index is 2.19. The summed E-state index contributed by atoms with van der Waals surface area (Å²) in [4.78, 5) is 14.6. The van der Waals surface area contributed by atoms with Crippen molar-refractivity contribution in [2.24, 2.45) is 0 Å². The Hall–Kier alpha value is -1.16. The molecule has 1 amide bonds. The van der Waals surface area contributed by atoms with Gasteiger partial charge >= 0.3 is 0 Å².